The smallest absolute Gasteiger partial charge is 0.268 e. The lowest BCUT2D eigenvalue weighted by Gasteiger charge is -2.26. The summed E-state index contributed by atoms with van der Waals surface area (Å²) in [5.41, 5.74) is 2.66. The van der Waals surface area contributed by atoms with Gasteiger partial charge in [-0.05, 0) is 58.7 Å². The van der Waals surface area contributed by atoms with Crippen molar-refractivity contribution >= 4 is 11.7 Å². The SMILES string of the molecule is CCC(CNC(=O)c1[nH]c(C)c(C(C)=O)c1C)N1CCCC1. The summed E-state index contributed by atoms with van der Waals surface area (Å²) in [4.78, 5) is 29.6. The third kappa shape index (κ3) is 3.40. The van der Waals surface area contributed by atoms with Crippen LogP contribution >= 0.6 is 0 Å². The molecular weight excluding hydrogens is 278 g/mol. The summed E-state index contributed by atoms with van der Waals surface area (Å²) in [7, 11) is 0. The Morgan fingerprint density at radius 1 is 1.27 bits per heavy atom. The van der Waals surface area contributed by atoms with Crippen LogP contribution in [0.15, 0.2) is 0 Å². The van der Waals surface area contributed by atoms with Gasteiger partial charge in [-0.1, -0.05) is 6.92 Å². The van der Waals surface area contributed by atoms with E-state index in [1.54, 1.807) is 0 Å². The van der Waals surface area contributed by atoms with Crippen molar-refractivity contribution in [2.45, 2.75) is 53.0 Å². The van der Waals surface area contributed by atoms with Gasteiger partial charge in [0.1, 0.15) is 5.69 Å². The number of carbonyl (C=O) groups excluding carboxylic acids is 2. The summed E-state index contributed by atoms with van der Waals surface area (Å²) in [6, 6.07) is 0.398. The molecule has 0 aromatic carbocycles. The lowest BCUT2D eigenvalue weighted by atomic mass is 10.1. The lowest BCUT2D eigenvalue weighted by Crippen LogP contribution is -2.42. The molecule has 0 spiro atoms. The third-order valence-corrected chi connectivity index (χ3v) is 4.64. The number of amides is 1. The number of nitrogens with zero attached hydrogens (tertiary/aromatic N) is 1. The Balaban J connectivity index is 2.03. The molecule has 5 heteroatoms. The molecule has 1 aliphatic rings. The van der Waals surface area contributed by atoms with Crippen LogP contribution < -0.4 is 5.32 Å². The molecule has 1 unspecified atom stereocenters. The predicted molar refractivity (Wildman–Crippen MR) is 87.5 cm³/mol. The molecule has 0 bridgehead atoms. The standard InChI is InChI=1S/C17H27N3O2/c1-5-14(20-8-6-7-9-20)10-18-17(22)16-11(2)15(13(4)21)12(3)19-16/h14,19H,5-10H2,1-4H3,(H,18,22). The van der Waals surface area contributed by atoms with Crippen LogP contribution in [0.2, 0.25) is 0 Å². The molecule has 1 aromatic rings. The number of rotatable bonds is 6. The van der Waals surface area contributed by atoms with E-state index in [1.807, 2.05) is 13.8 Å². The minimum Gasteiger partial charge on any atom is -0.354 e. The van der Waals surface area contributed by atoms with E-state index in [0.29, 0.717) is 23.8 Å². The third-order valence-electron chi connectivity index (χ3n) is 4.64. The largest absolute Gasteiger partial charge is 0.354 e. The molecule has 22 heavy (non-hydrogen) atoms. The highest BCUT2D eigenvalue weighted by atomic mass is 16.2. The highest BCUT2D eigenvalue weighted by molar-refractivity contribution is 6.02. The molecule has 2 N–H and O–H groups in total. The van der Waals surface area contributed by atoms with E-state index < -0.39 is 0 Å². The quantitative estimate of drug-likeness (QED) is 0.793. The van der Waals surface area contributed by atoms with Gasteiger partial charge in [0, 0.05) is 23.8 Å². The van der Waals surface area contributed by atoms with Crippen molar-refractivity contribution in [1.29, 1.82) is 0 Å². The van der Waals surface area contributed by atoms with Crippen LogP contribution in [0.3, 0.4) is 0 Å². The molecule has 0 saturated carbocycles. The number of likely N-dealkylation sites (tertiary alicyclic amines) is 1. The molecule has 122 valence electrons. The summed E-state index contributed by atoms with van der Waals surface area (Å²) in [5, 5.41) is 3.02. The Kier molecular flexibility index (Phi) is 5.40. The molecular formula is C17H27N3O2. The predicted octanol–water partition coefficient (Wildman–Crippen LogP) is 2.44. The van der Waals surface area contributed by atoms with Crippen molar-refractivity contribution < 1.29 is 9.59 Å². The van der Waals surface area contributed by atoms with E-state index in [9.17, 15) is 9.59 Å². The average molecular weight is 305 g/mol. The molecule has 1 aromatic heterocycles. The first kappa shape index (κ1) is 16.7. The van der Waals surface area contributed by atoms with Gasteiger partial charge in [0.05, 0.1) is 0 Å². The molecule has 0 radical (unpaired) electrons. The molecule has 5 nitrogen and oxygen atoms in total. The zero-order valence-electron chi connectivity index (χ0n) is 14.1. The second-order valence-corrected chi connectivity index (χ2v) is 6.20. The fourth-order valence-electron chi connectivity index (χ4n) is 3.44. The average Bonchev–Trinajstić information content (AvgIpc) is 3.07. The number of hydrogen-bond acceptors (Lipinski definition) is 3. The van der Waals surface area contributed by atoms with Gasteiger partial charge >= 0.3 is 0 Å². The summed E-state index contributed by atoms with van der Waals surface area (Å²) in [5.74, 6) is -0.125. The molecule has 1 amide bonds. The molecule has 1 fully saturated rings. The van der Waals surface area contributed by atoms with Crippen molar-refractivity contribution in [3.63, 3.8) is 0 Å². The lowest BCUT2D eigenvalue weighted by molar-refractivity contribution is 0.0932. The Labute approximate surface area is 132 Å². The molecule has 2 heterocycles. The van der Waals surface area contributed by atoms with E-state index in [0.717, 1.165) is 30.8 Å². The van der Waals surface area contributed by atoms with Crippen LogP contribution in [-0.4, -0.2) is 47.3 Å². The number of aromatic amines is 1. The van der Waals surface area contributed by atoms with Crippen LogP contribution in [0.1, 0.15) is 65.2 Å². The first-order valence-corrected chi connectivity index (χ1v) is 8.18. The number of hydrogen-bond donors (Lipinski definition) is 2. The maximum atomic E-state index is 12.4. The highest BCUT2D eigenvalue weighted by Gasteiger charge is 2.23. The Morgan fingerprint density at radius 3 is 2.41 bits per heavy atom. The summed E-state index contributed by atoms with van der Waals surface area (Å²) >= 11 is 0. The number of Topliss-reactive ketones (excluding diaryl/α,β-unsaturated/α-hetero) is 1. The van der Waals surface area contributed by atoms with E-state index in [1.165, 1.54) is 19.8 Å². The number of aryl methyl sites for hydroxylation is 1. The Hall–Kier alpha value is -1.62. The zero-order valence-corrected chi connectivity index (χ0v) is 14.1. The number of ketones is 1. The van der Waals surface area contributed by atoms with E-state index >= 15 is 0 Å². The summed E-state index contributed by atoms with van der Waals surface area (Å²) < 4.78 is 0. The zero-order chi connectivity index (χ0) is 16.3. The van der Waals surface area contributed by atoms with Crippen molar-refractivity contribution in [3.05, 3.63) is 22.5 Å². The van der Waals surface area contributed by atoms with Crippen LogP contribution in [0.5, 0.6) is 0 Å². The summed E-state index contributed by atoms with van der Waals surface area (Å²) in [6.07, 6.45) is 3.53. The van der Waals surface area contributed by atoms with E-state index in [4.69, 9.17) is 0 Å². The van der Waals surface area contributed by atoms with Crippen LogP contribution in [0.25, 0.3) is 0 Å². The second-order valence-electron chi connectivity index (χ2n) is 6.20. The number of H-pyrrole nitrogens is 1. The number of nitrogens with one attached hydrogen (secondary N) is 2. The molecule has 1 atom stereocenters. The fourth-order valence-corrected chi connectivity index (χ4v) is 3.44. The maximum absolute atomic E-state index is 12.4. The second kappa shape index (κ2) is 7.09. The minimum absolute atomic E-state index is 0.00574. The molecule has 1 saturated heterocycles. The topological polar surface area (TPSA) is 65.2 Å². The van der Waals surface area contributed by atoms with Gasteiger partial charge in [-0.25, -0.2) is 0 Å². The van der Waals surface area contributed by atoms with E-state index in [-0.39, 0.29) is 11.7 Å². The van der Waals surface area contributed by atoms with Gasteiger partial charge in [-0.15, -0.1) is 0 Å². The monoisotopic (exact) mass is 305 g/mol. The highest BCUT2D eigenvalue weighted by Crippen LogP contribution is 2.19. The summed E-state index contributed by atoms with van der Waals surface area (Å²) in [6.45, 7) is 10.3. The van der Waals surface area contributed by atoms with Crippen LogP contribution in [0.4, 0.5) is 0 Å². The molecule has 2 rings (SSSR count). The van der Waals surface area contributed by atoms with Crippen molar-refractivity contribution in [3.8, 4) is 0 Å². The van der Waals surface area contributed by atoms with Gasteiger partial charge in [-0.2, -0.15) is 0 Å². The van der Waals surface area contributed by atoms with Gasteiger partial charge in [0.25, 0.3) is 5.91 Å². The van der Waals surface area contributed by atoms with Crippen molar-refractivity contribution in [2.75, 3.05) is 19.6 Å². The maximum Gasteiger partial charge on any atom is 0.268 e. The number of carbonyl (C=O) groups is 2. The van der Waals surface area contributed by atoms with Gasteiger partial charge in [0.15, 0.2) is 5.78 Å². The van der Waals surface area contributed by atoms with E-state index in [2.05, 4.69) is 22.1 Å². The van der Waals surface area contributed by atoms with Crippen LogP contribution in [-0.2, 0) is 0 Å². The Morgan fingerprint density at radius 2 is 1.91 bits per heavy atom. The number of aromatic nitrogens is 1. The first-order chi connectivity index (χ1) is 10.5. The minimum atomic E-state index is -0.120. The molecule has 1 aliphatic heterocycles. The van der Waals surface area contributed by atoms with Gasteiger partial charge in [0.2, 0.25) is 0 Å². The fraction of sp³-hybridized carbons (Fsp3) is 0.647. The van der Waals surface area contributed by atoms with Crippen molar-refractivity contribution in [2.24, 2.45) is 0 Å². The molecule has 0 aliphatic carbocycles. The van der Waals surface area contributed by atoms with Gasteiger partial charge in [-0.3, -0.25) is 14.5 Å². The Bertz CT molecular complexity index is 556. The first-order valence-electron chi connectivity index (χ1n) is 8.18. The van der Waals surface area contributed by atoms with Crippen LogP contribution in [0, 0.1) is 13.8 Å². The van der Waals surface area contributed by atoms with Gasteiger partial charge < -0.3 is 10.3 Å². The van der Waals surface area contributed by atoms with Crippen molar-refractivity contribution in [1.82, 2.24) is 15.2 Å². The normalized spacial score (nSPS) is 16.7.